The van der Waals surface area contributed by atoms with E-state index in [9.17, 15) is 9.59 Å². The highest BCUT2D eigenvalue weighted by Gasteiger charge is 2.07. The van der Waals surface area contributed by atoms with Crippen LogP contribution in [-0.2, 0) is 9.59 Å². The first kappa shape index (κ1) is 17.1. The first-order valence-corrected chi connectivity index (χ1v) is 7.23. The second-order valence-corrected chi connectivity index (χ2v) is 5.71. The molecule has 0 bridgehead atoms. The molecular weight excluding hydrogens is 226 g/mol. The molecule has 0 heterocycles. The fourth-order valence-electron chi connectivity index (χ4n) is 1.70. The van der Waals surface area contributed by atoms with Crippen molar-refractivity contribution in [1.29, 1.82) is 0 Å². The van der Waals surface area contributed by atoms with Crippen LogP contribution >= 0.6 is 0 Å². The summed E-state index contributed by atoms with van der Waals surface area (Å²) < 4.78 is 0. The molecule has 3 nitrogen and oxygen atoms in total. The number of hydrogen-bond acceptors (Lipinski definition) is 2. The SMILES string of the molecule is CC(C)CCCNC(=O)CCCCC(=O)C(C)C. The topological polar surface area (TPSA) is 46.2 Å². The Kier molecular flexibility index (Phi) is 9.62. The number of carbonyl (C=O) groups is 2. The Morgan fingerprint density at radius 3 is 2.11 bits per heavy atom. The Labute approximate surface area is 112 Å². The van der Waals surface area contributed by atoms with Crippen LogP contribution in [-0.4, -0.2) is 18.2 Å². The second kappa shape index (κ2) is 10.1. The van der Waals surface area contributed by atoms with Gasteiger partial charge in [-0.3, -0.25) is 9.59 Å². The number of Topliss-reactive ketones (excluding diaryl/α,β-unsaturated/α-hetero) is 1. The fourth-order valence-corrected chi connectivity index (χ4v) is 1.70. The Hall–Kier alpha value is -0.860. The van der Waals surface area contributed by atoms with Crippen molar-refractivity contribution in [2.75, 3.05) is 6.54 Å². The Bertz CT molecular complexity index is 247. The van der Waals surface area contributed by atoms with Gasteiger partial charge in [0.25, 0.3) is 0 Å². The summed E-state index contributed by atoms with van der Waals surface area (Å²) in [7, 11) is 0. The Balaban J connectivity index is 3.40. The van der Waals surface area contributed by atoms with Gasteiger partial charge in [0.2, 0.25) is 5.91 Å². The highest BCUT2D eigenvalue weighted by molar-refractivity contribution is 5.80. The van der Waals surface area contributed by atoms with Crippen molar-refractivity contribution in [3.8, 4) is 0 Å². The predicted molar refractivity (Wildman–Crippen MR) is 75.4 cm³/mol. The third-order valence-corrected chi connectivity index (χ3v) is 3.00. The number of rotatable bonds is 10. The Morgan fingerprint density at radius 2 is 1.56 bits per heavy atom. The van der Waals surface area contributed by atoms with Crippen molar-refractivity contribution < 1.29 is 9.59 Å². The summed E-state index contributed by atoms with van der Waals surface area (Å²) in [5, 5.41) is 2.93. The molecule has 0 rings (SSSR count). The van der Waals surface area contributed by atoms with Crippen LogP contribution in [0.15, 0.2) is 0 Å². The minimum Gasteiger partial charge on any atom is -0.356 e. The van der Waals surface area contributed by atoms with Gasteiger partial charge in [-0.05, 0) is 31.6 Å². The number of unbranched alkanes of at least 4 members (excludes halogenated alkanes) is 1. The zero-order valence-electron chi connectivity index (χ0n) is 12.4. The largest absolute Gasteiger partial charge is 0.356 e. The van der Waals surface area contributed by atoms with Crippen LogP contribution in [0, 0.1) is 11.8 Å². The molecule has 0 aliphatic rings. The van der Waals surface area contributed by atoms with E-state index in [1.54, 1.807) is 0 Å². The molecule has 0 radical (unpaired) electrons. The maximum atomic E-state index is 11.5. The number of nitrogens with one attached hydrogen (secondary N) is 1. The van der Waals surface area contributed by atoms with E-state index in [4.69, 9.17) is 0 Å². The van der Waals surface area contributed by atoms with Crippen LogP contribution < -0.4 is 5.32 Å². The molecule has 0 saturated carbocycles. The van der Waals surface area contributed by atoms with Crippen molar-refractivity contribution in [3.63, 3.8) is 0 Å². The molecule has 0 atom stereocenters. The van der Waals surface area contributed by atoms with Crippen LogP contribution in [0.5, 0.6) is 0 Å². The van der Waals surface area contributed by atoms with Crippen LogP contribution in [0.4, 0.5) is 0 Å². The van der Waals surface area contributed by atoms with Gasteiger partial charge >= 0.3 is 0 Å². The summed E-state index contributed by atoms with van der Waals surface area (Å²) in [4.78, 5) is 22.8. The molecule has 1 amide bonds. The van der Waals surface area contributed by atoms with Gasteiger partial charge in [-0.1, -0.05) is 27.7 Å². The average molecular weight is 255 g/mol. The summed E-state index contributed by atoms with van der Waals surface area (Å²) in [6, 6.07) is 0. The molecule has 106 valence electrons. The number of hydrogen-bond donors (Lipinski definition) is 1. The summed E-state index contributed by atoms with van der Waals surface area (Å²) >= 11 is 0. The number of ketones is 1. The second-order valence-electron chi connectivity index (χ2n) is 5.71. The van der Waals surface area contributed by atoms with E-state index in [0.29, 0.717) is 24.5 Å². The summed E-state index contributed by atoms with van der Waals surface area (Å²) in [5.74, 6) is 1.24. The van der Waals surface area contributed by atoms with Crippen LogP contribution in [0.1, 0.15) is 66.2 Å². The molecule has 1 N–H and O–H groups in total. The van der Waals surface area contributed by atoms with Gasteiger partial charge in [0.1, 0.15) is 5.78 Å². The van der Waals surface area contributed by atoms with Gasteiger partial charge in [-0.2, -0.15) is 0 Å². The Morgan fingerprint density at radius 1 is 0.944 bits per heavy atom. The first-order chi connectivity index (χ1) is 8.43. The summed E-state index contributed by atoms with van der Waals surface area (Å²) in [6.45, 7) is 9.00. The van der Waals surface area contributed by atoms with Crippen molar-refractivity contribution in [3.05, 3.63) is 0 Å². The van der Waals surface area contributed by atoms with Gasteiger partial charge in [0, 0.05) is 25.3 Å². The van der Waals surface area contributed by atoms with E-state index >= 15 is 0 Å². The van der Waals surface area contributed by atoms with Gasteiger partial charge in [0.15, 0.2) is 0 Å². The van der Waals surface area contributed by atoms with Crippen LogP contribution in [0.25, 0.3) is 0 Å². The summed E-state index contributed by atoms with van der Waals surface area (Å²) in [5.41, 5.74) is 0. The van der Waals surface area contributed by atoms with Gasteiger partial charge in [-0.15, -0.1) is 0 Å². The van der Waals surface area contributed by atoms with E-state index in [0.717, 1.165) is 32.2 Å². The highest BCUT2D eigenvalue weighted by atomic mass is 16.1. The quantitative estimate of drug-likeness (QED) is 0.609. The minimum atomic E-state index is 0.120. The zero-order chi connectivity index (χ0) is 14.0. The van der Waals surface area contributed by atoms with E-state index < -0.39 is 0 Å². The molecule has 3 heteroatoms. The van der Waals surface area contributed by atoms with Crippen molar-refractivity contribution in [1.82, 2.24) is 5.32 Å². The van der Waals surface area contributed by atoms with E-state index in [2.05, 4.69) is 19.2 Å². The number of carbonyl (C=O) groups excluding carboxylic acids is 2. The monoisotopic (exact) mass is 255 g/mol. The lowest BCUT2D eigenvalue weighted by Crippen LogP contribution is -2.24. The lowest BCUT2D eigenvalue weighted by atomic mass is 10.0. The van der Waals surface area contributed by atoms with Crippen molar-refractivity contribution >= 4 is 11.7 Å². The fraction of sp³-hybridized carbons (Fsp3) is 0.867. The molecular formula is C15H29NO2. The molecule has 0 aliphatic heterocycles. The minimum absolute atomic E-state index is 0.120. The molecule has 0 aromatic carbocycles. The molecule has 0 saturated heterocycles. The van der Waals surface area contributed by atoms with E-state index in [1.807, 2.05) is 13.8 Å². The standard InChI is InChI=1S/C15H29NO2/c1-12(2)8-7-11-16-15(18)10-6-5-9-14(17)13(3)4/h12-13H,5-11H2,1-4H3,(H,16,18). The van der Waals surface area contributed by atoms with Crippen molar-refractivity contribution in [2.24, 2.45) is 11.8 Å². The lowest BCUT2D eigenvalue weighted by Gasteiger charge is -2.07. The van der Waals surface area contributed by atoms with E-state index in [1.165, 1.54) is 0 Å². The van der Waals surface area contributed by atoms with Crippen molar-refractivity contribution in [2.45, 2.75) is 66.2 Å². The molecule has 18 heavy (non-hydrogen) atoms. The average Bonchev–Trinajstić information content (AvgIpc) is 2.29. The highest BCUT2D eigenvalue weighted by Crippen LogP contribution is 2.06. The normalized spacial score (nSPS) is 11.0. The van der Waals surface area contributed by atoms with Gasteiger partial charge in [-0.25, -0.2) is 0 Å². The molecule has 0 aromatic heterocycles. The van der Waals surface area contributed by atoms with Gasteiger partial charge < -0.3 is 5.32 Å². The van der Waals surface area contributed by atoms with Gasteiger partial charge in [0.05, 0.1) is 0 Å². The third-order valence-electron chi connectivity index (χ3n) is 3.00. The molecule has 0 unspecified atom stereocenters. The molecule has 0 aromatic rings. The smallest absolute Gasteiger partial charge is 0.219 e. The van der Waals surface area contributed by atoms with Crippen LogP contribution in [0.3, 0.4) is 0 Å². The number of amides is 1. The van der Waals surface area contributed by atoms with Crippen LogP contribution in [0.2, 0.25) is 0 Å². The predicted octanol–water partition coefficient (Wildman–Crippen LogP) is 3.32. The molecule has 0 fully saturated rings. The van der Waals surface area contributed by atoms with E-state index in [-0.39, 0.29) is 11.8 Å². The third kappa shape index (κ3) is 10.3. The zero-order valence-corrected chi connectivity index (χ0v) is 12.4. The maximum Gasteiger partial charge on any atom is 0.219 e. The molecule has 0 spiro atoms. The lowest BCUT2D eigenvalue weighted by molar-refractivity contribution is -0.123. The maximum absolute atomic E-state index is 11.5. The summed E-state index contributed by atoms with van der Waals surface area (Å²) in [6.07, 6.45) is 5.01. The first-order valence-electron chi connectivity index (χ1n) is 7.23. The molecule has 0 aliphatic carbocycles.